The fourth-order valence-corrected chi connectivity index (χ4v) is 2.82. The third-order valence-corrected chi connectivity index (χ3v) is 4.22. The molecule has 5 heteroatoms. The lowest BCUT2D eigenvalue weighted by molar-refractivity contribution is -0.158. The Morgan fingerprint density at radius 3 is 2.86 bits per heavy atom. The maximum Gasteiger partial charge on any atom is 0.157 e. The highest BCUT2D eigenvalue weighted by Crippen LogP contribution is 2.20. The second kappa shape index (κ2) is 8.85. The standard InChI is InChI=1S/C9H18O3S2/c10-4-7-13-14-8-6-12-9-3-1-2-5-11-9/h9-10H,1-8H2/t9-/m0/s1. The Bertz CT molecular complexity index is 129. The van der Waals surface area contributed by atoms with Gasteiger partial charge in [-0.1, -0.05) is 21.6 Å². The van der Waals surface area contributed by atoms with Crippen molar-refractivity contribution in [1.29, 1.82) is 0 Å². The predicted octanol–water partition coefficient (Wildman–Crippen LogP) is 1.90. The Labute approximate surface area is 93.3 Å². The molecule has 1 aliphatic heterocycles. The number of aliphatic hydroxyl groups excluding tert-OH is 1. The molecule has 1 atom stereocenters. The van der Waals surface area contributed by atoms with Gasteiger partial charge in [-0.3, -0.25) is 0 Å². The van der Waals surface area contributed by atoms with Crippen molar-refractivity contribution < 1.29 is 14.6 Å². The maximum absolute atomic E-state index is 8.54. The van der Waals surface area contributed by atoms with Gasteiger partial charge in [0.1, 0.15) is 0 Å². The molecule has 1 aliphatic rings. The summed E-state index contributed by atoms with van der Waals surface area (Å²) in [7, 11) is 3.43. The molecule has 1 heterocycles. The molecule has 3 nitrogen and oxygen atoms in total. The number of hydrogen-bond donors (Lipinski definition) is 1. The second-order valence-corrected chi connectivity index (χ2v) is 5.74. The van der Waals surface area contributed by atoms with Crippen molar-refractivity contribution >= 4 is 21.6 Å². The minimum Gasteiger partial charge on any atom is -0.395 e. The summed E-state index contributed by atoms with van der Waals surface area (Å²) in [5.74, 6) is 1.76. The normalized spacial score (nSPS) is 22.5. The highest BCUT2D eigenvalue weighted by Gasteiger charge is 2.13. The molecule has 1 N–H and O–H groups in total. The topological polar surface area (TPSA) is 38.7 Å². The zero-order valence-electron chi connectivity index (χ0n) is 8.31. The zero-order valence-corrected chi connectivity index (χ0v) is 9.95. The minimum absolute atomic E-state index is 0.0344. The van der Waals surface area contributed by atoms with Crippen molar-refractivity contribution in [3.8, 4) is 0 Å². The van der Waals surface area contributed by atoms with E-state index in [0.29, 0.717) is 0 Å². The Kier molecular flexibility index (Phi) is 8.00. The summed E-state index contributed by atoms with van der Waals surface area (Å²) in [5.41, 5.74) is 0. The van der Waals surface area contributed by atoms with E-state index in [2.05, 4.69) is 0 Å². The highest BCUT2D eigenvalue weighted by atomic mass is 33.1. The SMILES string of the molecule is OCCSSCCO[C@H]1CCCCO1. The van der Waals surface area contributed by atoms with Crippen LogP contribution < -0.4 is 0 Å². The number of hydrogen-bond acceptors (Lipinski definition) is 5. The second-order valence-electron chi connectivity index (χ2n) is 3.03. The van der Waals surface area contributed by atoms with Gasteiger partial charge in [-0.15, -0.1) is 0 Å². The summed E-state index contributed by atoms with van der Waals surface area (Å²) in [5, 5.41) is 8.54. The molecule has 1 saturated heterocycles. The molecule has 0 amide bonds. The Morgan fingerprint density at radius 2 is 2.14 bits per heavy atom. The van der Waals surface area contributed by atoms with Crippen LogP contribution in [0.5, 0.6) is 0 Å². The van der Waals surface area contributed by atoms with Crippen LogP contribution in [-0.4, -0.2) is 42.7 Å². The highest BCUT2D eigenvalue weighted by molar-refractivity contribution is 8.76. The van der Waals surface area contributed by atoms with Gasteiger partial charge in [0.25, 0.3) is 0 Å². The van der Waals surface area contributed by atoms with Crippen LogP contribution in [0.4, 0.5) is 0 Å². The molecular formula is C9H18O3S2. The molecule has 84 valence electrons. The van der Waals surface area contributed by atoms with E-state index >= 15 is 0 Å². The van der Waals surface area contributed by atoms with Gasteiger partial charge in [0.15, 0.2) is 6.29 Å². The lowest BCUT2D eigenvalue weighted by Gasteiger charge is -2.22. The fourth-order valence-electron chi connectivity index (χ4n) is 1.21. The molecule has 0 bridgehead atoms. The average molecular weight is 238 g/mol. The van der Waals surface area contributed by atoms with Gasteiger partial charge in [-0.25, -0.2) is 0 Å². The molecule has 1 rings (SSSR count). The van der Waals surface area contributed by atoms with E-state index in [1.807, 2.05) is 0 Å². The third-order valence-electron chi connectivity index (χ3n) is 1.87. The van der Waals surface area contributed by atoms with Gasteiger partial charge in [-0.2, -0.15) is 0 Å². The van der Waals surface area contributed by atoms with Crippen LogP contribution in [0, 0.1) is 0 Å². The van der Waals surface area contributed by atoms with Crippen LogP contribution in [0.1, 0.15) is 19.3 Å². The van der Waals surface area contributed by atoms with Crippen molar-refractivity contribution in [2.24, 2.45) is 0 Å². The molecule has 0 spiro atoms. The van der Waals surface area contributed by atoms with E-state index < -0.39 is 0 Å². The molecule has 0 aliphatic carbocycles. The lowest BCUT2D eigenvalue weighted by atomic mass is 10.2. The Morgan fingerprint density at radius 1 is 1.29 bits per heavy atom. The van der Waals surface area contributed by atoms with Crippen LogP contribution in [0.25, 0.3) is 0 Å². The van der Waals surface area contributed by atoms with Gasteiger partial charge in [-0.05, 0) is 19.3 Å². The largest absolute Gasteiger partial charge is 0.395 e. The summed E-state index contributed by atoms with van der Waals surface area (Å²) >= 11 is 0. The summed E-state index contributed by atoms with van der Waals surface area (Å²) in [6.45, 7) is 1.84. The monoisotopic (exact) mass is 238 g/mol. The molecule has 1 fully saturated rings. The van der Waals surface area contributed by atoms with E-state index in [-0.39, 0.29) is 12.9 Å². The first-order valence-corrected chi connectivity index (χ1v) is 7.51. The quantitative estimate of drug-likeness (QED) is 0.542. The third kappa shape index (κ3) is 6.14. The van der Waals surface area contributed by atoms with Gasteiger partial charge in [0.05, 0.1) is 13.2 Å². The lowest BCUT2D eigenvalue weighted by Crippen LogP contribution is -2.23. The molecular weight excluding hydrogens is 220 g/mol. The van der Waals surface area contributed by atoms with E-state index in [1.165, 1.54) is 12.8 Å². The zero-order chi connectivity index (χ0) is 10.1. The molecule has 0 aromatic carbocycles. The summed E-state index contributed by atoms with van der Waals surface area (Å²) < 4.78 is 11.0. The van der Waals surface area contributed by atoms with Crippen LogP contribution in [0.3, 0.4) is 0 Å². The first-order valence-electron chi connectivity index (χ1n) is 5.02. The number of ether oxygens (including phenoxy) is 2. The first-order chi connectivity index (χ1) is 6.93. The van der Waals surface area contributed by atoms with Crippen LogP contribution >= 0.6 is 21.6 Å². The van der Waals surface area contributed by atoms with Crippen LogP contribution in [0.2, 0.25) is 0 Å². The van der Waals surface area contributed by atoms with Crippen molar-refractivity contribution in [2.45, 2.75) is 25.6 Å². The van der Waals surface area contributed by atoms with Gasteiger partial charge in [0.2, 0.25) is 0 Å². The van der Waals surface area contributed by atoms with Crippen LogP contribution in [-0.2, 0) is 9.47 Å². The Balaban J connectivity index is 1.82. The summed E-state index contributed by atoms with van der Waals surface area (Å²) in [6, 6.07) is 0. The van der Waals surface area contributed by atoms with E-state index in [9.17, 15) is 0 Å². The smallest absolute Gasteiger partial charge is 0.157 e. The van der Waals surface area contributed by atoms with Gasteiger partial charge >= 0.3 is 0 Å². The number of rotatable bonds is 7. The molecule has 14 heavy (non-hydrogen) atoms. The minimum atomic E-state index is 0.0344. The first kappa shape index (κ1) is 12.6. The van der Waals surface area contributed by atoms with Crippen molar-refractivity contribution in [3.05, 3.63) is 0 Å². The number of aliphatic hydroxyl groups is 1. The molecule has 0 unspecified atom stereocenters. The van der Waals surface area contributed by atoms with E-state index in [4.69, 9.17) is 14.6 Å². The fraction of sp³-hybridized carbons (Fsp3) is 1.00. The maximum atomic E-state index is 8.54. The van der Waals surface area contributed by atoms with Gasteiger partial charge < -0.3 is 14.6 Å². The van der Waals surface area contributed by atoms with E-state index in [1.54, 1.807) is 21.6 Å². The van der Waals surface area contributed by atoms with E-state index in [0.717, 1.165) is 31.1 Å². The average Bonchev–Trinajstić information content (AvgIpc) is 2.25. The van der Waals surface area contributed by atoms with Crippen molar-refractivity contribution in [1.82, 2.24) is 0 Å². The molecule has 0 aromatic heterocycles. The molecule has 0 saturated carbocycles. The van der Waals surface area contributed by atoms with Crippen molar-refractivity contribution in [3.63, 3.8) is 0 Å². The van der Waals surface area contributed by atoms with Gasteiger partial charge in [0, 0.05) is 18.1 Å². The van der Waals surface area contributed by atoms with Crippen molar-refractivity contribution in [2.75, 3.05) is 31.3 Å². The summed E-state index contributed by atoms with van der Waals surface area (Å²) in [6.07, 6.45) is 3.46. The molecule has 0 radical (unpaired) electrons. The van der Waals surface area contributed by atoms with Crippen LogP contribution in [0.15, 0.2) is 0 Å². The molecule has 0 aromatic rings. The predicted molar refractivity (Wildman–Crippen MR) is 61.5 cm³/mol. The Hall–Kier alpha value is 0.580. The summed E-state index contributed by atoms with van der Waals surface area (Å²) in [4.78, 5) is 0.